The Kier molecular flexibility index (Phi) is 5.33. The number of aliphatic imine (C=N–C) groups is 1. The number of amidine groups is 1. The van der Waals surface area contributed by atoms with Crippen molar-refractivity contribution in [2.75, 3.05) is 49.6 Å². The first-order chi connectivity index (χ1) is 11.7. The number of nitrogens with zero attached hydrogens (tertiary/aromatic N) is 3. The summed E-state index contributed by atoms with van der Waals surface area (Å²) >= 11 is 0. The van der Waals surface area contributed by atoms with Crippen LogP contribution in [0.25, 0.3) is 0 Å². The highest BCUT2D eigenvalue weighted by Gasteiger charge is 2.23. The maximum atomic E-state index is 5.38. The molecule has 2 aliphatic heterocycles. The lowest BCUT2D eigenvalue weighted by Crippen LogP contribution is -2.38. The normalized spacial score (nSPS) is 20.5. The number of nitrogens with one attached hydrogen (secondary N) is 1. The largest absolute Gasteiger partial charge is 0.379 e. The van der Waals surface area contributed by atoms with Crippen LogP contribution in [0.4, 0.5) is 11.4 Å². The van der Waals surface area contributed by atoms with E-state index in [1.807, 2.05) is 19.2 Å². The summed E-state index contributed by atoms with van der Waals surface area (Å²) in [6.45, 7) is 13.7. The summed E-state index contributed by atoms with van der Waals surface area (Å²) in [4.78, 5) is 9.25. The second kappa shape index (κ2) is 7.64. The molecule has 5 nitrogen and oxygen atoms in total. The lowest BCUT2D eigenvalue weighted by atomic mass is 10.1. The van der Waals surface area contributed by atoms with Crippen molar-refractivity contribution in [2.45, 2.75) is 13.8 Å². The van der Waals surface area contributed by atoms with Crippen molar-refractivity contribution in [1.29, 1.82) is 0 Å². The second-order valence-corrected chi connectivity index (χ2v) is 6.13. The highest BCUT2D eigenvalue weighted by Crippen LogP contribution is 2.34. The van der Waals surface area contributed by atoms with Crippen LogP contribution in [0, 0.1) is 6.92 Å². The van der Waals surface area contributed by atoms with E-state index in [1.165, 1.54) is 5.56 Å². The summed E-state index contributed by atoms with van der Waals surface area (Å²) in [5.74, 6) is 0.845. The van der Waals surface area contributed by atoms with E-state index in [-0.39, 0.29) is 0 Å². The molecule has 0 radical (unpaired) electrons. The number of hydrogen-bond donors (Lipinski definition) is 1. The van der Waals surface area contributed by atoms with E-state index >= 15 is 0 Å². The molecule has 0 unspecified atom stereocenters. The third-order valence-electron chi connectivity index (χ3n) is 4.32. The van der Waals surface area contributed by atoms with Crippen molar-refractivity contribution >= 4 is 17.2 Å². The standard InChI is InChI=1S/C19H26N4O/c1-4-8-23-16(3)19(20-7-9-22-10-12-24-13-11-22)21-17-6-5-15(2)14-18(17)23/h4-6,8,14H,3,7,9-13H2,1-2H3,(H,20,21)/b8-4-. The Hall–Kier alpha value is -2.11. The van der Waals surface area contributed by atoms with E-state index < -0.39 is 0 Å². The van der Waals surface area contributed by atoms with Gasteiger partial charge in [0.15, 0.2) is 0 Å². The van der Waals surface area contributed by atoms with E-state index in [0.29, 0.717) is 0 Å². The maximum Gasteiger partial charge on any atom is 0.149 e. The molecule has 24 heavy (non-hydrogen) atoms. The Bertz CT molecular complexity index is 659. The van der Waals surface area contributed by atoms with E-state index in [0.717, 1.165) is 62.3 Å². The predicted molar refractivity (Wildman–Crippen MR) is 101 cm³/mol. The average molecular weight is 326 g/mol. The number of aryl methyl sites for hydroxylation is 1. The van der Waals surface area contributed by atoms with Crippen molar-refractivity contribution in [3.63, 3.8) is 0 Å². The fourth-order valence-corrected chi connectivity index (χ4v) is 2.98. The highest BCUT2D eigenvalue weighted by molar-refractivity contribution is 6.15. The molecular formula is C19H26N4O. The van der Waals surface area contributed by atoms with Crippen LogP contribution in [0.5, 0.6) is 0 Å². The number of anilines is 2. The summed E-state index contributed by atoms with van der Waals surface area (Å²) in [5, 5.41) is 3.43. The van der Waals surface area contributed by atoms with E-state index in [2.05, 4.69) is 46.8 Å². The molecule has 3 rings (SSSR count). The van der Waals surface area contributed by atoms with Crippen molar-refractivity contribution < 1.29 is 4.74 Å². The van der Waals surface area contributed by atoms with Gasteiger partial charge in [0.05, 0.1) is 36.8 Å². The number of hydrogen-bond acceptors (Lipinski definition) is 4. The zero-order chi connectivity index (χ0) is 16.9. The van der Waals surface area contributed by atoms with Gasteiger partial charge in [-0.05, 0) is 31.5 Å². The van der Waals surface area contributed by atoms with Crippen molar-refractivity contribution in [3.05, 3.63) is 48.3 Å². The summed E-state index contributed by atoms with van der Waals surface area (Å²) in [6.07, 6.45) is 4.06. The zero-order valence-electron chi connectivity index (χ0n) is 14.6. The van der Waals surface area contributed by atoms with Crippen molar-refractivity contribution in [3.8, 4) is 0 Å². The van der Waals surface area contributed by atoms with Gasteiger partial charge in [0.1, 0.15) is 5.84 Å². The van der Waals surface area contributed by atoms with Crippen LogP contribution in [0.15, 0.2) is 47.7 Å². The fourth-order valence-electron chi connectivity index (χ4n) is 2.98. The Morgan fingerprint density at radius 1 is 1.33 bits per heavy atom. The molecule has 1 aromatic carbocycles. The number of fused-ring (bicyclic) bond motifs is 1. The third kappa shape index (κ3) is 3.68. The fraction of sp³-hybridized carbons (Fsp3) is 0.421. The number of allylic oxidation sites excluding steroid dienone is 1. The molecule has 0 bridgehead atoms. The third-order valence-corrected chi connectivity index (χ3v) is 4.32. The summed E-state index contributed by atoms with van der Waals surface area (Å²) < 4.78 is 5.38. The molecule has 2 aliphatic rings. The van der Waals surface area contributed by atoms with Gasteiger partial charge in [-0.15, -0.1) is 0 Å². The van der Waals surface area contributed by atoms with Gasteiger partial charge in [0.2, 0.25) is 0 Å². The molecule has 1 aromatic rings. The molecule has 2 heterocycles. The number of ether oxygens (including phenoxy) is 1. The molecule has 5 heteroatoms. The van der Waals surface area contributed by atoms with Crippen LogP contribution < -0.4 is 10.2 Å². The van der Waals surface area contributed by atoms with Gasteiger partial charge >= 0.3 is 0 Å². The monoisotopic (exact) mass is 326 g/mol. The minimum absolute atomic E-state index is 0.756. The molecule has 0 spiro atoms. The lowest BCUT2D eigenvalue weighted by molar-refractivity contribution is 0.0394. The molecule has 0 atom stereocenters. The van der Waals surface area contributed by atoms with E-state index in [1.54, 1.807) is 0 Å². The van der Waals surface area contributed by atoms with Crippen molar-refractivity contribution in [1.82, 2.24) is 4.90 Å². The Morgan fingerprint density at radius 3 is 2.88 bits per heavy atom. The highest BCUT2D eigenvalue weighted by atomic mass is 16.5. The maximum absolute atomic E-state index is 5.38. The van der Waals surface area contributed by atoms with Crippen molar-refractivity contribution in [2.24, 2.45) is 4.99 Å². The van der Waals surface area contributed by atoms with Gasteiger partial charge in [-0.2, -0.15) is 0 Å². The first-order valence-corrected chi connectivity index (χ1v) is 8.52. The number of benzene rings is 1. The van der Waals surface area contributed by atoms with Gasteiger partial charge in [0.25, 0.3) is 0 Å². The topological polar surface area (TPSA) is 40.1 Å². The van der Waals surface area contributed by atoms with Crippen LogP contribution >= 0.6 is 0 Å². The molecule has 1 N–H and O–H groups in total. The smallest absolute Gasteiger partial charge is 0.149 e. The lowest BCUT2D eigenvalue weighted by Gasteiger charge is -2.32. The molecular weight excluding hydrogens is 300 g/mol. The molecule has 0 aromatic heterocycles. The Balaban J connectivity index is 1.75. The van der Waals surface area contributed by atoms with Crippen LogP contribution in [0.1, 0.15) is 12.5 Å². The quantitative estimate of drug-likeness (QED) is 0.923. The van der Waals surface area contributed by atoms with Gasteiger partial charge < -0.3 is 15.0 Å². The Labute approximate surface area is 144 Å². The molecule has 1 fully saturated rings. The number of morpholine rings is 1. The van der Waals surface area contributed by atoms with Crippen LogP contribution in [-0.2, 0) is 4.74 Å². The summed E-state index contributed by atoms with van der Waals surface area (Å²) in [6, 6.07) is 6.38. The van der Waals surface area contributed by atoms with Gasteiger partial charge in [-0.25, -0.2) is 0 Å². The zero-order valence-corrected chi connectivity index (χ0v) is 14.6. The van der Waals surface area contributed by atoms with Crippen LogP contribution in [-0.4, -0.2) is 50.1 Å². The molecule has 128 valence electrons. The molecule has 0 amide bonds. The summed E-state index contributed by atoms with van der Waals surface area (Å²) in [7, 11) is 0. The molecule has 0 aliphatic carbocycles. The predicted octanol–water partition coefficient (Wildman–Crippen LogP) is 3.00. The molecule has 1 saturated heterocycles. The minimum atomic E-state index is 0.756. The summed E-state index contributed by atoms with van der Waals surface area (Å²) in [5.41, 5.74) is 4.29. The first kappa shape index (κ1) is 16.7. The SMILES string of the molecule is C=C1C(=NCCN2CCOCC2)Nc2ccc(C)cc2N1/C=C\C. The second-order valence-electron chi connectivity index (χ2n) is 6.13. The Morgan fingerprint density at radius 2 is 2.12 bits per heavy atom. The molecule has 0 saturated carbocycles. The minimum Gasteiger partial charge on any atom is -0.379 e. The van der Waals surface area contributed by atoms with Gasteiger partial charge in [0, 0.05) is 25.8 Å². The van der Waals surface area contributed by atoms with Crippen LogP contribution in [0.2, 0.25) is 0 Å². The van der Waals surface area contributed by atoms with Gasteiger partial charge in [-0.3, -0.25) is 9.89 Å². The number of rotatable bonds is 4. The first-order valence-electron chi connectivity index (χ1n) is 8.52. The van der Waals surface area contributed by atoms with E-state index in [4.69, 9.17) is 9.73 Å². The van der Waals surface area contributed by atoms with Gasteiger partial charge in [-0.1, -0.05) is 18.7 Å². The van der Waals surface area contributed by atoms with E-state index in [9.17, 15) is 0 Å². The average Bonchev–Trinajstić information content (AvgIpc) is 2.60. The van der Waals surface area contributed by atoms with Crippen LogP contribution in [0.3, 0.4) is 0 Å².